The number of nitrogens with one attached hydrogen (secondary N) is 2. The molecule has 3 rings (SSSR count). The smallest absolute Gasteiger partial charge is 0.287 e. The minimum absolute atomic E-state index is 0.00238. The molecule has 23 heavy (non-hydrogen) atoms. The Bertz CT molecular complexity index is 941. The molecule has 0 aliphatic rings. The summed E-state index contributed by atoms with van der Waals surface area (Å²) in [7, 11) is 0. The summed E-state index contributed by atoms with van der Waals surface area (Å²) in [5.74, 6) is 0.00238. The van der Waals surface area contributed by atoms with Crippen molar-refractivity contribution in [1.29, 1.82) is 0 Å². The number of halogens is 1. The SMILES string of the molecule is O=C(NO)Nc1nc2ccc(Br)cc2c(=O)n1-c1ccccc1. The zero-order valence-corrected chi connectivity index (χ0v) is 13.2. The maximum absolute atomic E-state index is 12.8. The summed E-state index contributed by atoms with van der Waals surface area (Å²) in [4.78, 5) is 28.6. The molecule has 3 aromatic rings. The number of hydrogen-bond donors (Lipinski definition) is 3. The van der Waals surface area contributed by atoms with Gasteiger partial charge < -0.3 is 0 Å². The van der Waals surface area contributed by atoms with Crippen LogP contribution in [0.5, 0.6) is 0 Å². The van der Waals surface area contributed by atoms with Crippen molar-refractivity contribution in [3.05, 3.63) is 63.4 Å². The summed E-state index contributed by atoms with van der Waals surface area (Å²) in [6, 6.07) is 13.0. The van der Waals surface area contributed by atoms with Crippen LogP contribution in [-0.4, -0.2) is 20.8 Å². The normalized spacial score (nSPS) is 10.5. The number of amides is 2. The highest BCUT2D eigenvalue weighted by molar-refractivity contribution is 9.10. The molecule has 2 amide bonds. The first-order chi connectivity index (χ1) is 11.1. The minimum atomic E-state index is -0.891. The lowest BCUT2D eigenvalue weighted by molar-refractivity contribution is 0.172. The van der Waals surface area contributed by atoms with Crippen LogP contribution in [0.25, 0.3) is 16.6 Å². The lowest BCUT2D eigenvalue weighted by atomic mass is 10.2. The van der Waals surface area contributed by atoms with Crippen LogP contribution >= 0.6 is 15.9 Å². The highest BCUT2D eigenvalue weighted by atomic mass is 79.9. The van der Waals surface area contributed by atoms with E-state index in [2.05, 4.69) is 26.2 Å². The summed E-state index contributed by atoms with van der Waals surface area (Å²) < 4.78 is 2.02. The average Bonchev–Trinajstić information content (AvgIpc) is 2.56. The van der Waals surface area contributed by atoms with Crippen molar-refractivity contribution in [2.45, 2.75) is 0 Å². The van der Waals surface area contributed by atoms with Crippen molar-refractivity contribution >= 4 is 38.8 Å². The first kappa shape index (κ1) is 15.2. The molecule has 0 bridgehead atoms. The molecular formula is C15H11BrN4O3. The zero-order valence-electron chi connectivity index (χ0n) is 11.7. The van der Waals surface area contributed by atoms with Crippen molar-refractivity contribution < 1.29 is 10.0 Å². The molecule has 7 nitrogen and oxygen atoms in total. The number of carbonyl (C=O) groups is 1. The summed E-state index contributed by atoms with van der Waals surface area (Å²) in [6.07, 6.45) is 0. The number of carbonyl (C=O) groups excluding carboxylic acids is 1. The number of benzene rings is 2. The molecule has 116 valence electrons. The van der Waals surface area contributed by atoms with Gasteiger partial charge in [-0.05, 0) is 30.3 Å². The Kier molecular flexibility index (Phi) is 4.09. The number of rotatable bonds is 2. The van der Waals surface area contributed by atoms with E-state index in [1.54, 1.807) is 42.5 Å². The van der Waals surface area contributed by atoms with E-state index in [-0.39, 0.29) is 11.5 Å². The second-order valence-electron chi connectivity index (χ2n) is 4.64. The number of hydroxylamine groups is 1. The van der Waals surface area contributed by atoms with Crippen molar-refractivity contribution in [3.63, 3.8) is 0 Å². The van der Waals surface area contributed by atoms with Crippen LogP contribution in [-0.2, 0) is 0 Å². The molecule has 0 fully saturated rings. The topological polar surface area (TPSA) is 96.2 Å². The Morgan fingerprint density at radius 3 is 2.61 bits per heavy atom. The number of urea groups is 1. The van der Waals surface area contributed by atoms with E-state index >= 15 is 0 Å². The van der Waals surface area contributed by atoms with Crippen LogP contribution in [0, 0.1) is 0 Å². The Balaban J connectivity index is 2.33. The number of fused-ring (bicyclic) bond motifs is 1. The van der Waals surface area contributed by atoms with E-state index in [4.69, 9.17) is 5.21 Å². The van der Waals surface area contributed by atoms with Crippen molar-refractivity contribution in [2.75, 3.05) is 5.32 Å². The highest BCUT2D eigenvalue weighted by Gasteiger charge is 2.14. The fourth-order valence-electron chi connectivity index (χ4n) is 2.19. The average molecular weight is 375 g/mol. The molecule has 8 heteroatoms. The van der Waals surface area contributed by atoms with Gasteiger partial charge in [-0.25, -0.2) is 19.8 Å². The molecule has 0 saturated heterocycles. The van der Waals surface area contributed by atoms with E-state index in [1.165, 1.54) is 10.0 Å². The molecule has 0 unspecified atom stereocenters. The predicted octanol–water partition coefficient (Wildman–Crippen LogP) is 2.66. The van der Waals surface area contributed by atoms with Crippen molar-refractivity contribution in [2.24, 2.45) is 0 Å². The molecule has 0 spiro atoms. The van der Waals surface area contributed by atoms with Gasteiger partial charge in [0.2, 0.25) is 5.95 Å². The number of anilines is 1. The van der Waals surface area contributed by atoms with E-state index in [0.29, 0.717) is 16.6 Å². The van der Waals surface area contributed by atoms with Gasteiger partial charge in [-0.1, -0.05) is 34.1 Å². The van der Waals surface area contributed by atoms with Crippen LogP contribution < -0.4 is 16.4 Å². The van der Waals surface area contributed by atoms with Gasteiger partial charge in [0.15, 0.2) is 0 Å². The molecule has 0 aliphatic carbocycles. The van der Waals surface area contributed by atoms with Crippen LogP contribution in [0.3, 0.4) is 0 Å². The zero-order chi connectivity index (χ0) is 16.4. The molecule has 0 saturated carbocycles. The maximum atomic E-state index is 12.8. The molecule has 0 atom stereocenters. The molecule has 0 radical (unpaired) electrons. The Morgan fingerprint density at radius 1 is 1.17 bits per heavy atom. The van der Waals surface area contributed by atoms with Gasteiger partial charge in [-0.2, -0.15) is 0 Å². The van der Waals surface area contributed by atoms with E-state index < -0.39 is 6.03 Å². The third-order valence-electron chi connectivity index (χ3n) is 3.17. The minimum Gasteiger partial charge on any atom is -0.287 e. The number of para-hydroxylation sites is 1. The molecule has 1 aromatic heterocycles. The molecule has 3 N–H and O–H groups in total. The van der Waals surface area contributed by atoms with Gasteiger partial charge >= 0.3 is 6.03 Å². The van der Waals surface area contributed by atoms with Gasteiger partial charge in [-0.15, -0.1) is 0 Å². The van der Waals surface area contributed by atoms with Gasteiger partial charge in [0.05, 0.1) is 16.6 Å². The van der Waals surface area contributed by atoms with Crippen LogP contribution in [0.1, 0.15) is 0 Å². The summed E-state index contributed by atoms with van der Waals surface area (Å²) in [5.41, 5.74) is 2.09. The first-order valence-corrected chi connectivity index (χ1v) is 7.38. The number of hydrogen-bond acceptors (Lipinski definition) is 4. The third kappa shape index (κ3) is 2.94. The Morgan fingerprint density at radius 2 is 1.91 bits per heavy atom. The predicted molar refractivity (Wildman–Crippen MR) is 89.0 cm³/mol. The summed E-state index contributed by atoms with van der Waals surface area (Å²) in [5, 5.41) is 11.4. The van der Waals surface area contributed by atoms with Crippen LogP contribution in [0.2, 0.25) is 0 Å². The largest absolute Gasteiger partial charge is 0.345 e. The van der Waals surface area contributed by atoms with Crippen molar-refractivity contribution in [1.82, 2.24) is 15.0 Å². The number of nitrogens with zero attached hydrogens (tertiary/aromatic N) is 2. The summed E-state index contributed by atoms with van der Waals surface area (Å²) in [6.45, 7) is 0. The van der Waals surface area contributed by atoms with Gasteiger partial charge in [-0.3, -0.25) is 15.3 Å². The standard InChI is InChI=1S/C15H11BrN4O3/c16-9-6-7-12-11(8-9)13(21)20(10-4-2-1-3-5-10)14(17-12)18-15(22)19-23/h1-8,23H,(H2,17,18,19,22). The lowest BCUT2D eigenvalue weighted by Crippen LogP contribution is -2.31. The first-order valence-electron chi connectivity index (χ1n) is 6.59. The van der Waals surface area contributed by atoms with Gasteiger partial charge in [0.25, 0.3) is 5.56 Å². The maximum Gasteiger partial charge on any atom is 0.345 e. The molecule has 0 aliphatic heterocycles. The molecular weight excluding hydrogens is 364 g/mol. The fraction of sp³-hybridized carbons (Fsp3) is 0. The van der Waals surface area contributed by atoms with Gasteiger partial charge in [0.1, 0.15) is 0 Å². The Labute approximate surface area is 138 Å². The van der Waals surface area contributed by atoms with E-state index in [9.17, 15) is 9.59 Å². The van der Waals surface area contributed by atoms with Crippen molar-refractivity contribution in [3.8, 4) is 5.69 Å². The summed E-state index contributed by atoms with van der Waals surface area (Å²) >= 11 is 3.33. The fourth-order valence-corrected chi connectivity index (χ4v) is 2.55. The highest BCUT2D eigenvalue weighted by Crippen LogP contribution is 2.19. The van der Waals surface area contributed by atoms with Crippen LogP contribution in [0.15, 0.2) is 57.8 Å². The number of aromatic nitrogens is 2. The second-order valence-corrected chi connectivity index (χ2v) is 5.55. The third-order valence-corrected chi connectivity index (χ3v) is 3.66. The molecule has 2 aromatic carbocycles. The van der Waals surface area contributed by atoms with Gasteiger partial charge in [0, 0.05) is 4.47 Å². The lowest BCUT2D eigenvalue weighted by Gasteiger charge is -2.13. The Hall–Kier alpha value is -2.71. The monoisotopic (exact) mass is 374 g/mol. The van der Waals surface area contributed by atoms with E-state index in [1.807, 2.05) is 6.07 Å². The second kappa shape index (κ2) is 6.19. The quantitative estimate of drug-likeness (QED) is 0.474. The van der Waals surface area contributed by atoms with E-state index in [0.717, 1.165) is 4.47 Å². The van der Waals surface area contributed by atoms with Crippen LogP contribution in [0.4, 0.5) is 10.7 Å². The molecule has 1 heterocycles.